The van der Waals surface area contributed by atoms with Gasteiger partial charge in [0.25, 0.3) is 0 Å². The van der Waals surface area contributed by atoms with Crippen LogP contribution in [-0.2, 0) is 0 Å². The minimum Gasteiger partial charge on any atom is -0.497 e. The van der Waals surface area contributed by atoms with Crippen LogP contribution in [0.25, 0.3) is 0 Å². The van der Waals surface area contributed by atoms with Crippen LogP contribution in [0.2, 0.25) is 0 Å². The lowest BCUT2D eigenvalue weighted by molar-refractivity contribution is 0.149. The van der Waals surface area contributed by atoms with E-state index < -0.39 is 6.10 Å². The van der Waals surface area contributed by atoms with Crippen LogP contribution in [0, 0.1) is 11.7 Å². The Morgan fingerprint density at radius 2 is 2.21 bits per heavy atom. The monoisotopic (exact) mass is 196 g/mol. The van der Waals surface area contributed by atoms with E-state index in [1.54, 1.807) is 12.1 Å². The lowest BCUT2D eigenvalue weighted by Crippen LogP contribution is -2.03. The van der Waals surface area contributed by atoms with Crippen LogP contribution in [0.15, 0.2) is 18.2 Å². The fourth-order valence-electron chi connectivity index (χ4n) is 1.54. The summed E-state index contributed by atoms with van der Waals surface area (Å²) in [5.74, 6) is 0.461. The van der Waals surface area contributed by atoms with E-state index in [1.807, 2.05) is 0 Å². The lowest BCUT2D eigenvalue weighted by atomic mass is 10.0. The Bertz CT molecular complexity index is 334. The van der Waals surface area contributed by atoms with Gasteiger partial charge in [0.05, 0.1) is 13.2 Å². The SMILES string of the molecule is COc1ccc(F)c(C(O)C2CC2)c1. The van der Waals surface area contributed by atoms with Crippen LogP contribution in [-0.4, -0.2) is 12.2 Å². The van der Waals surface area contributed by atoms with Crippen molar-refractivity contribution in [2.45, 2.75) is 18.9 Å². The maximum absolute atomic E-state index is 13.3. The quantitative estimate of drug-likeness (QED) is 0.803. The van der Waals surface area contributed by atoms with Gasteiger partial charge in [-0.05, 0) is 37.0 Å². The van der Waals surface area contributed by atoms with E-state index in [9.17, 15) is 9.50 Å². The van der Waals surface area contributed by atoms with Gasteiger partial charge in [-0.3, -0.25) is 0 Å². The molecule has 2 nitrogen and oxygen atoms in total. The summed E-state index contributed by atoms with van der Waals surface area (Å²) in [6, 6.07) is 4.45. The second-order valence-corrected chi connectivity index (χ2v) is 3.67. The predicted molar refractivity (Wildman–Crippen MR) is 50.6 cm³/mol. The Hall–Kier alpha value is -1.09. The summed E-state index contributed by atoms with van der Waals surface area (Å²) < 4.78 is 18.3. The van der Waals surface area contributed by atoms with E-state index in [2.05, 4.69) is 0 Å². The number of hydrogen-bond acceptors (Lipinski definition) is 2. The van der Waals surface area contributed by atoms with E-state index in [0.717, 1.165) is 12.8 Å². The molecule has 0 radical (unpaired) electrons. The molecule has 0 aromatic heterocycles. The number of benzene rings is 1. The van der Waals surface area contributed by atoms with Gasteiger partial charge in [0, 0.05) is 5.56 Å². The third kappa shape index (κ3) is 1.73. The molecular formula is C11H13FO2. The molecule has 0 amide bonds. The minimum atomic E-state index is -0.676. The van der Waals surface area contributed by atoms with Crippen molar-refractivity contribution in [3.05, 3.63) is 29.6 Å². The first-order chi connectivity index (χ1) is 6.72. The van der Waals surface area contributed by atoms with Crippen LogP contribution in [0.3, 0.4) is 0 Å². The first-order valence-electron chi connectivity index (χ1n) is 4.74. The molecule has 3 heteroatoms. The van der Waals surface area contributed by atoms with Gasteiger partial charge in [0.15, 0.2) is 0 Å². The average molecular weight is 196 g/mol. The molecule has 1 aliphatic carbocycles. The van der Waals surface area contributed by atoms with Crippen LogP contribution < -0.4 is 4.74 Å². The molecule has 1 saturated carbocycles. The van der Waals surface area contributed by atoms with Crippen molar-refractivity contribution in [3.8, 4) is 5.75 Å². The van der Waals surface area contributed by atoms with Crippen LogP contribution in [0.1, 0.15) is 24.5 Å². The number of rotatable bonds is 3. The van der Waals surface area contributed by atoms with Crippen molar-refractivity contribution in [1.29, 1.82) is 0 Å². The second kappa shape index (κ2) is 3.58. The van der Waals surface area contributed by atoms with E-state index in [4.69, 9.17) is 4.74 Å². The van der Waals surface area contributed by atoms with Crippen LogP contribution in [0.5, 0.6) is 5.75 Å². The molecule has 0 spiro atoms. The maximum atomic E-state index is 13.3. The fraction of sp³-hybridized carbons (Fsp3) is 0.455. The zero-order valence-corrected chi connectivity index (χ0v) is 8.03. The second-order valence-electron chi connectivity index (χ2n) is 3.67. The van der Waals surface area contributed by atoms with Gasteiger partial charge < -0.3 is 9.84 Å². The number of hydrogen-bond donors (Lipinski definition) is 1. The summed E-state index contributed by atoms with van der Waals surface area (Å²) in [4.78, 5) is 0. The van der Waals surface area contributed by atoms with Gasteiger partial charge in [0.1, 0.15) is 11.6 Å². The highest BCUT2D eigenvalue weighted by atomic mass is 19.1. The van der Waals surface area contributed by atoms with Crippen molar-refractivity contribution >= 4 is 0 Å². The van der Waals surface area contributed by atoms with Crippen molar-refractivity contribution < 1.29 is 14.2 Å². The molecule has 1 N–H and O–H groups in total. The van der Waals surface area contributed by atoms with Gasteiger partial charge >= 0.3 is 0 Å². The standard InChI is InChI=1S/C11H13FO2/c1-14-8-4-5-10(12)9(6-8)11(13)7-2-3-7/h4-7,11,13H,2-3H2,1H3. The van der Waals surface area contributed by atoms with Crippen molar-refractivity contribution in [2.24, 2.45) is 5.92 Å². The van der Waals surface area contributed by atoms with E-state index >= 15 is 0 Å². The van der Waals surface area contributed by atoms with Crippen LogP contribution in [0.4, 0.5) is 4.39 Å². The van der Waals surface area contributed by atoms with E-state index in [0.29, 0.717) is 11.3 Å². The first kappa shape index (κ1) is 9.46. The molecular weight excluding hydrogens is 183 g/mol. The highest BCUT2D eigenvalue weighted by Crippen LogP contribution is 2.42. The molecule has 1 atom stereocenters. The Labute approximate surface area is 82.3 Å². The summed E-state index contributed by atoms with van der Waals surface area (Å²) >= 11 is 0. The Morgan fingerprint density at radius 3 is 2.79 bits per heavy atom. The molecule has 76 valence electrons. The number of aliphatic hydroxyl groups excluding tert-OH is 1. The number of methoxy groups -OCH3 is 1. The van der Waals surface area contributed by atoms with Gasteiger partial charge in [-0.25, -0.2) is 4.39 Å². The molecule has 0 heterocycles. The summed E-state index contributed by atoms with van der Waals surface area (Å²) in [5.41, 5.74) is 0.354. The molecule has 2 rings (SSSR count). The van der Waals surface area contributed by atoms with Gasteiger partial charge in [-0.15, -0.1) is 0 Å². The van der Waals surface area contributed by atoms with Crippen molar-refractivity contribution in [3.63, 3.8) is 0 Å². The molecule has 1 aromatic carbocycles. The summed E-state index contributed by atoms with van der Waals surface area (Å²) in [6.45, 7) is 0. The Kier molecular flexibility index (Phi) is 2.42. The predicted octanol–water partition coefficient (Wildman–Crippen LogP) is 2.28. The molecule has 0 aliphatic heterocycles. The smallest absolute Gasteiger partial charge is 0.129 e. The Balaban J connectivity index is 2.29. The first-order valence-corrected chi connectivity index (χ1v) is 4.74. The highest BCUT2D eigenvalue weighted by molar-refractivity contribution is 5.32. The molecule has 14 heavy (non-hydrogen) atoms. The number of aliphatic hydroxyl groups is 1. The van der Waals surface area contributed by atoms with Crippen LogP contribution >= 0.6 is 0 Å². The van der Waals surface area contributed by atoms with E-state index in [1.165, 1.54) is 13.2 Å². The van der Waals surface area contributed by atoms with Gasteiger partial charge in [-0.1, -0.05) is 0 Å². The third-order valence-corrected chi connectivity index (χ3v) is 2.59. The van der Waals surface area contributed by atoms with Gasteiger partial charge in [0.2, 0.25) is 0 Å². The van der Waals surface area contributed by atoms with Crippen molar-refractivity contribution in [2.75, 3.05) is 7.11 Å². The number of ether oxygens (including phenoxy) is 1. The largest absolute Gasteiger partial charge is 0.497 e. The molecule has 1 aliphatic rings. The molecule has 0 bridgehead atoms. The topological polar surface area (TPSA) is 29.5 Å². The highest BCUT2D eigenvalue weighted by Gasteiger charge is 2.32. The summed E-state index contributed by atoms with van der Waals surface area (Å²) in [7, 11) is 1.53. The molecule has 1 fully saturated rings. The van der Waals surface area contributed by atoms with Gasteiger partial charge in [-0.2, -0.15) is 0 Å². The average Bonchev–Trinajstić information content (AvgIpc) is 3.01. The summed E-state index contributed by atoms with van der Waals surface area (Å²) in [5, 5.41) is 9.77. The third-order valence-electron chi connectivity index (χ3n) is 2.59. The van der Waals surface area contributed by atoms with Crippen molar-refractivity contribution in [1.82, 2.24) is 0 Å². The molecule has 1 unspecified atom stereocenters. The minimum absolute atomic E-state index is 0.233. The normalized spacial score (nSPS) is 17.9. The summed E-state index contributed by atoms with van der Waals surface area (Å²) in [6.07, 6.45) is 1.29. The maximum Gasteiger partial charge on any atom is 0.129 e. The fourth-order valence-corrected chi connectivity index (χ4v) is 1.54. The van der Waals surface area contributed by atoms with E-state index in [-0.39, 0.29) is 11.7 Å². The Morgan fingerprint density at radius 1 is 1.50 bits per heavy atom. The molecule has 0 saturated heterocycles. The zero-order chi connectivity index (χ0) is 10.1. The zero-order valence-electron chi connectivity index (χ0n) is 8.03. The molecule has 1 aromatic rings. The lowest BCUT2D eigenvalue weighted by Gasteiger charge is -2.11. The number of halogens is 1.